The molecule has 126 valence electrons. The van der Waals surface area contributed by atoms with E-state index in [9.17, 15) is 9.90 Å². The molecule has 5 nitrogen and oxygen atoms in total. The zero-order valence-electron chi connectivity index (χ0n) is 13.5. The first-order valence-electron chi connectivity index (χ1n) is 8.24. The molecule has 0 spiro atoms. The molecule has 1 fully saturated rings. The topological polar surface area (TPSA) is 71.5 Å². The molecule has 0 radical (unpaired) electrons. The Morgan fingerprint density at radius 1 is 1.12 bits per heavy atom. The number of pyridine rings is 1. The van der Waals surface area contributed by atoms with Gasteiger partial charge in [-0.2, -0.15) is 0 Å². The highest BCUT2D eigenvalue weighted by molar-refractivity contribution is 5.76. The molecule has 2 aromatic rings. The maximum absolute atomic E-state index is 12.2. The van der Waals surface area contributed by atoms with Crippen molar-refractivity contribution in [3.63, 3.8) is 0 Å². The summed E-state index contributed by atoms with van der Waals surface area (Å²) in [6.45, 7) is 1.24. The summed E-state index contributed by atoms with van der Waals surface area (Å²) in [5.41, 5.74) is 2.25. The lowest BCUT2D eigenvalue weighted by Crippen LogP contribution is -2.40. The van der Waals surface area contributed by atoms with Gasteiger partial charge in [0.2, 0.25) is 5.91 Å². The average molecular weight is 326 g/mol. The summed E-state index contributed by atoms with van der Waals surface area (Å²) < 4.78 is 5.56. The van der Waals surface area contributed by atoms with Gasteiger partial charge in [0.25, 0.3) is 0 Å². The van der Waals surface area contributed by atoms with Crippen LogP contribution in [0.5, 0.6) is 5.75 Å². The minimum absolute atomic E-state index is 0.0401. The molecule has 1 aliphatic rings. The van der Waals surface area contributed by atoms with Crippen LogP contribution in [0.15, 0.2) is 48.8 Å². The second-order valence-electron chi connectivity index (χ2n) is 6.20. The summed E-state index contributed by atoms with van der Waals surface area (Å²) in [4.78, 5) is 16.2. The molecular formula is C19H22N2O3. The number of amides is 1. The summed E-state index contributed by atoms with van der Waals surface area (Å²) in [5, 5.41) is 12.4. The van der Waals surface area contributed by atoms with Crippen molar-refractivity contribution in [3.05, 3.63) is 59.9 Å². The number of carbonyl (C=O) groups is 1. The molecule has 0 aliphatic carbocycles. The molecule has 5 heteroatoms. The maximum Gasteiger partial charge on any atom is 0.220 e. The van der Waals surface area contributed by atoms with E-state index in [0.717, 1.165) is 12.0 Å². The Labute approximate surface area is 141 Å². The minimum Gasteiger partial charge on any atom is -0.508 e. The van der Waals surface area contributed by atoms with Crippen molar-refractivity contribution in [2.24, 2.45) is 5.92 Å². The Bertz CT molecular complexity index is 658. The van der Waals surface area contributed by atoms with Crippen molar-refractivity contribution in [1.82, 2.24) is 10.3 Å². The van der Waals surface area contributed by atoms with Gasteiger partial charge in [-0.3, -0.25) is 9.78 Å². The predicted octanol–water partition coefficient (Wildman–Crippen LogP) is 2.09. The first kappa shape index (κ1) is 16.5. The Morgan fingerprint density at radius 2 is 1.88 bits per heavy atom. The number of aryl methyl sites for hydroxylation is 1. The number of phenolic OH excluding ortho intramolecular Hbond substituents is 1. The van der Waals surface area contributed by atoms with Crippen LogP contribution in [0.3, 0.4) is 0 Å². The first-order valence-corrected chi connectivity index (χ1v) is 8.24. The van der Waals surface area contributed by atoms with Crippen LogP contribution in [0.4, 0.5) is 0 Å². The van der Waals surface area contributed by atoms with Crippen molar-refractivity contribution < 1.29 is 14.6 Å². The number of ether oxygens (including phenoxy) is 1. The van der Waals surface area contributed by atoms with E-state index in [1.54, 1.807) is 24.5 Å². The summed E-state index contributed by atoms with van der Waals surface area (Å²) in [6.07, 6.45) is 5.55. The molecular weight excluding hydrogens is 304 g/mol. The molecule has 1 aromatic heterocycles. The van der Waals surface area contributed by atoms with Gasteiger partial charge >= 0.3 is 0 Å². The Kier molecular flexibility index (Phi) is 5.43. The van der Waals surface area contributed by atoms with E-state index in [1.807, 2.05) is 24.3 Å². The zero-order valence-corrected chi connectivity index (χ0v) is 13.5. The van der Waals surface area contributed by atoms with Crippen LogP contribution in [-0.2, 0) is 22.4 Å². The van der Waals surface area contributed by atoms with Gasteiger partial charge in [0.15, 0.2) is 0 Å². The third kappa shape index (κ3) is 4.55. The third-order valence-corrected chi connectivity index (χ3v) is 4.37. The molecule has 1 aliphatic heterocycles. The molecule has 1 saturated heterocycles. The molecule has 0 saturated carbocycles. The molecule has 0 unspecified atom stereocenters. The van der Waals surface area contributed by atoms with E-state index in [2.05, 4.69) is 10.3 Å². The van der Waals surface area contributed by atoms with E-state index >= 15 is 0 Å². The standard InChI is InChI=1S/C19H22N2O3/c22-17-4-1-14(2-5-17)3-6-19(23)21-18-13-24-12-16(18)11-15-7-9-20-10-8-15/h1-2,4-5,7-10,16,18,22H,3,6,11-13H2,(H,21,23)/t16-,18-/m1/s1. The molecule has 1 aromatic carbocycles. The molecule has 2 atom stereocenters. The van der Waals surface area contributed by atoms with Gasteiger partial charge in [0.1, 0.15) is 5.75 Å². The fourth-order valence-corrected chi connectivity index (χ4v) is 2.98. The number of aromatic hydroxyl groups is 1. The molecule has 1 amide bonds. The van der Waals surface area contributed by atoms with Crippen LogP contribution in [0, 0.1) is 5.92 Å². The van der Waals surface area contributed by atoms with Crippen LogP contribution < -0.4 is 5.32 Å². The third-order valence-electron chi connectivity index (χ3n) is 4.37. The van der Waals surface area contributed by atoms with Crippen molar-refractivity contribution in [1.29, 1.82) is 0 Å². The van der Waals surface area contributed by atoms with Gasteiger partial charge in [-0.1, -0.05) is 12.1 Å². The number of rotatable bonds is 6. The number of hydrogen-bond donors (Lipinski definition) is 2. The van der Waals surface area contributed by atoms with Crippen LogP contribution >= 0.6 is 0 Å². The van der Waals surface area contributed by atoms with E-state index in [0.29, 0.717) is 32.0 Å². The lowest BCUT2D eigenvalue weighted by Gasteiger charge is -2.19. The second-order valence-corrected chi connectivity index (χ2v) is 6.20. The number of nitrogens with zero attached hydrogens (tertiary/aromatic N) is 1. The van der Waals surface area contributed by atoms with Gasteiger partial charge in [0.05, 0.1) is 19.3 Å². The number of carbonyl (C=O) groups excluding carboxylic acids is 1. The second kappa shape index (κ2) is 7.93. The summed E-state index contributed by atoms with van der Waals surface area (Å²) in [6, 6.07) is 11.0. The highest BCUT2D eigenvalue weighted by Gasteiger charge is 2.29. The summed E-state index contributed by atoms with van der Waals surface area (Å²) >= 11 is 0. The van der Waals surface area contributed by atoms with Crippen molar-refractivity contribution in [3.8, 4) is 5.75 Å². The molecule has 2 heterocycles. The van der Waals surface area contributed by atoms with Crippen LogP contribution in [0.1, 0.15) is 17.5 Å². The number of hydrogen-bond acceptors (Lipinski definition) is 4. The molecule has 3 rings (SSSR count). The quantitative estimate of drug-likeness (QED) is 0.853. The van der Waals surface area contributed by atoms with Crippen LogP contribution in [0.25, 0.3) is 0 Å². The van der Waals surface area contributed by atoms with Crippen molar-refractivity contribution in [2.45, 2.75) is 25.3 Å². The minimum atomic E-state index is 0.0401. The average Bonchev–Trinajstić information content (AvgIpc) is 3.02. The van der Waals surface area contributed by atoms with Gasteiger partial charge in [-0.05, 0) is 48.2 Å². The van der Waals surface area contributed by atoms with Gasteiger partial charge in [-0.15, -0.1) is 0 Å². The highest BCUT2D eigenvalue weighted by Crippen LogP contribution is 2.19. The van der Waals surface area contributed by atoms with Gasteiger partial charge in [-0.25, -0.2) is 0 Å². The zero-order chi connectivity index (χ0) is 16.8. The predicted molar refractivity (Wildman–Crippen MR) is 90.6 cm³/mol. The van der Waals surface area contributed by atoms with Crippen molar-refractivity contribution in [2.75, 3.05) is 13.2 Å². The van der Waals surface area contributed by atoms with Crippen LogP contribution in [0.2, 0.25) is 0 Å². The van der Waals surface area contributed by atoms with E-state index in [1.165, 1.54) is 5.56 Å². The number of phenols is 1. The highest BCUT2D eigenvalue weighted by atomic mass is 16.5. The summed E-state index contributed by atoms with van der Waals surface area (Å²) in [5.74, 6) is 0.577. The molecule has 2 N–H and O–H groups in total. The maximum atomic E-state index is 12.2. The van der Waals surface area contributed by atoms with Crippen molar-refractivity contribution >= 4 is 5.91 Å². The van der Waals surface area contributed by atoms with E-state index < -0.39 is 0 Å². The number of nitrogens with one attached hydrogen (secondary N) is 1. The smallest absolute Gasteiger partial charge is 0.220 e. The Balaban J connectivity index is 1.48. The van der Waals surface area contributed by atoms with Gasteiger partial charge < -0.3 is 15.2 Å². The Morgan fingerprint density at radius 3 is 2.62 bits per heavy atom. The first-order chi connectivity index (χ1) is 11.7. The lowest BCUT2D eigenvalue weighted by atomic mass is 9.95. The van der Waals surface area contributed by atoms with E-state index in [-0.39, 0.29) is 17.7 Å². The molecule has 0 bridgehead atoms. The fraction of sp³-hybridized carbons (Fsp3) is 0.368. The summed E-state index contributed by atoms with van der Waals surface area (Å²) in [7, 11) is 0. The monoisotopic (exact) mass is 326 g/mol. The largest absolute Gasteiger partial charge is 0.508 e. The fourth-order valence-electron chi connectivity index (χ4n) is 2.98. The number of benzene rings is 1. The normalized spacial score (nSPS) is 20.0. The van der Waals surface area contributed by atoms with Crippen LogP contribution in [-0.4, -0.2) is 35.3 Å². The van der Waals surface area contributed by atoms with E-state index in [4.69, 9.17) is 4.74 Å². The molecule has 24 heavy (non-hydrogen) atoms. The van der Waals surface area contributed by atoms with Gasteiger partial charge in [0, 0.05) is 24.7 Å². The Hall–Kier alpha value is -2.40. The number of aromatic nitrogens is 1. The lowest BCUT2D eigenvalue weighted by molar-refractivity contribution is -0.122. The SMILES string of the molecule is O=C(CCc1ccc(O)cc1)N[C@@H]1COC[C@H]1Cc1ccncc1.